The third kappa shape index (κ3) is 1.77. The summed E-state index contributed by atoms with van der Waals surface area (Å²) in [6.07, 6.45) is 0. The molecule has 80 valence electrons. The van der Waals surface area contributed by atoms with Gasteiger partial charge in [0.25, 0.3) is 0 Å². The lowest BCUT2D eigenvalue weighted by Crippen LogP contribution is -2.63. The molecule has 1 unspecified atom stereocenters. The predicted molar refractivity (Wildman–Crippen MR) is 53.0 cm³/mol. The van der Waals surface area contributed by atoms with Crippen LogP contribution in [0.3, 0.4) is 0 Å². The van der Waals surface area contributed by atoms with Crippen LogP contribution in [0.4, 0.5) is 0 Å². The number of piperazine rings is 1. The van der Waals surface area contributed by atoms with Crippen LogP contribution in [-0.4, -0.2) is 60.6 Å². The Hall–Kier alpha value is -0.610. The third-order valence-electron chi connectivity index (χ3n) is 2.93. The minimum atomic E-state index is -0.316. The Balaban J connectivity index is 2.11. The van der Waals surface area contributed by atoms with Gasteiger partial charge in [0.15, 0.2) is 0 Å². The van der Waals surface area contributed by atoms with Crippen LogP contribution in [0.1, 0.15) is 13.8 Å². The first-order chi connectivity index (χ1) is 6.48. The molecular weight excluding hydrogens is 180 g/mol. The largest absolute Gasteiger partial charge is 0.457 e. The minimum absolute atomic E-state index is 0.0400. The SMILES string of the molecule is CN1CCN2CC(C)(C)OC(=O)C2C1. The van der Waals surface area contributed by atoms with Gasteiger partial charge in [-0.2, -0.15) is 0 Å². The summed E-state index contributed by atoms with van der Waals surface area (Å²) in [6.45, 7) is 7.62. The zero-order valence-electron chi connectivity index (χ0n) is 9.12. The monoisotopic (exact) mass is 198 g/mol. The molecule has 0 aliphatic carbocycles. The number of hydrogen-bond donors (Lipinski definition) is 0. The zero-order chi connectivity index (χ0) is 10.3. The number of rotatable bonds is 0. The molecule has 2 saturated heterocycles. The number of carbonyl (C=O) groups is 1. The topological polar surface area (TPSA) is 32.8 Å². The van der Waals surface area contributed by atoms with Gasteiger partial charge in [0, 0.05) is 26.2 Å². The van der Waals surface area contributed by atoms with E-state index < -0.39 is 0 Å². The highest BCUT2D eigenvalue weighted by Gasteiger charge is 2.42. The third-order valence-corrected chi connectivity index (χ3v) is 2.93. The number of ether oxygens (including phenoxy) is 1. The van der Waals surface area contributed by atoms with Gasteiger partial charge in [0.2, 0.25) is 0 Å². The molecule has 0 aromatic rings. The Kier molecular flexibility index (Phi) is 2.27. The molecule has 4 heteroatoms. The maximum atomic E-state index is 11.7. The molecule has 0 N–H and O–H groups in total. The van der Waals surface area contributed by atoms with Gasteiger partial charge in [-0.05, 0) is 20.9 Å². The number of hydrogen-bond acceptors (Lipinski definition) is 4. The van der Waals surface area contributed by atoms with Crippen LogP contribution in [0.5, 0.6) is 0 Å². The van der Waals surface area contributed by atoms with E-state index in [4.69, 9.17) is 4.74 Å². The molecule has 14 heavy (non-hydrogen) atoms. The van der Waals surface area contributed by atoms with Gasteiger partial charge in [-0.25, -0.2) is 0 Å². The van der Waals surface area contributed by atoms with Gasteiger partial charge in [-0.1, -0.05) is 0 Å². The summed E-state index contributed by atoms with van der Waals surface area (Å²) in [4.78, 5) is 16.1. The molecule has 2 rings (SSSR count). The van der Waals surface area contributed by atoms with Crippen molar-refractivity contribution >= 4 is 5.97 Å². The fourth-order valence-electron chi connectivity index (χ4n) is 2.23. The molecule has 2 heterocycles. The second-order valence-corrected chi connectivity index (χ2v) is 4.93. The standard InChI is InChI=1S/C10H18N2O2/c1-10(2)7-12-5-4-11(3)6-8(12)9(13)14-10/h8H,4-7H2,1-3H3. The molecule has 2 fully saturated rings. The van der Waals surface area contributed by atoms with Crippen LogP contribution in [0.2, 0.25) is 0 Å². The molecule has 0 aromatic carbocycles. The summed E-state index contributed by atoms with van der Waals surface area (Å²) < 4.78 is 5.38. The van der Waals surface area contributed by atoms with Gasteiger partial charge in [-0.3, -0.25) is 9.69 Å². The molecule has 0 amide bonds. The van der Waals surface area contributed by atoms with Crippen molar-refractivity contribution in [2.45, 2.75) is 25.5 Å². The molecule has 0 spiro atoms. The Morgan fingerprint density at radius 3 is 2.86 bits per heavy atom. The molecular formula is C10H18N2O2. The lowest BCUT2D eigenvalue weighted by Gasteiger charge is -2.46. The number of likely N-dealkylation sites (N-methyl/N-ethyl adjacent to an activating group) is 1. The number of esters is 1. The summed E-state index contributed by atoms with van der Waals surface area (Å²) in [6, 6.07) is -0.0400. The van der Waals surface area contributed by atoms with Crippen molar-refractivity contribution in [2.75, 3.05) is 33.2 Å². The number of nitrogens with zero attached hydrogens (tertiary/aromatic N) is 2. The molecule has 0 aromatic heterocycles. The van der Waals surface area contributed by atoms with Gasteiger partial charge in [0.05, 0.1) is 0 Å². The quantitative estimate of drug-likeness (QED) is 0.510. The van der Waals surface area contributed by atoms with E-state index >= 15 is 0 Å². The Labute approximate surface area is 84.8 Å². The number of fused-ring (bicyclic) bond motifs is 1. The maximum absolute atomic E-state index is 11.7. The van der Waals surface area contributed by atoms with E-state index in [9.17, 15) is 4.79 Å². The van der Waals surface area contributed by atoms with Gasteiger partial charge >= 0.3 is 5.97 Å². The maximum Gasteiger partial charge on any atom is 0.325 e. The number of morpholine rings is 1. The van der Waals surface area contributed by atoms with E-state index in [1.165, 1.54) is 0 Å². The van der Waals surface area contributed by atoms with Crippen molar-refractivity contribution in [1.82, 2.24) is 9.80 Å². The molecule has 0 saturated carbocycles. The average Bonchev–Trinajstić information content (AvgIpc) is 2.05. The fourth-order valence-corrected chi connectivity index (χ4v) is 2.23. The predicted octanol–water partition coefficient (Wildman–Crippen LogP) is -0.0622. The summed E-state index contributed by atoms with van der Waals surface area (Å²) in [5.74, 6) is -0.0622. The number of cyclic esters (lactones) is 1. The lowest BCUT2D eigenvalue weighted by molar-refractivity contribution is -0.181. The molecule has 0 radical (unpaired) electrons. The van der Waals surface area contributed by atoms with E-state index in [1.807, 2.05) is 20.9 Å². The van der Waals surface area contributed by atoms with E-state index in [-0.39, 0.29) is 17.6 Å². The summed E-state index contributed by atoms with van der Waals surface area (Å²) in [5, 5.41) is 0. The van der Waals surface area contributed by atoms with Crippen LogP contribution < -0.4 is 0 Å². The second kappa shape index (κ2) is 3.21. The first-order valence-electron chi connectivity index (χ1n) is 5.13. The normalized spacial score (nSPS) is 33.6. The highest BCUT2D eigenvalue weighted by atomic mass is 16.6. The van der Waals surface area contributed by atoms with E-state index in [1.54, 1.807) is 0 Å². The van der Waals surface area contributed by atoms with Gasteiger partial charge in [-0.15, -0.1) is 0 Å². The van der Waals surface area contributed by atoms with Crippen LogP contribution in [0.15, 0.2) is 0 Å². The first-order valence-corrected chi connectivity index (χ1v) is 5.13. The Bertz CT molecular complexity index is 253. The van der Waals surface area contributed by atoms with Crippen LogP contribution in [-0.2, 0) is 9.53 Å². The molecule has 2 aliphatic rings. The molecule has 1 atom stereocenters. The highest BCUT2D eigenvalue weighted by Crippen LogP contribution is 2.23. The fraction of sp³-hybridized carbons (Fsp3) is 0.900. The zero-order valence-corrected chi connectivity index (χ0v) is 9.12. The van der Waals surface area contributed by atoms with Crippen molar-refractivity contribution in [1.29, 1.82) is 0 Å². The van der Waals surface area contributed by atoms with Crippen molar-refractivity contribution < 1.29 is 9.53 Å². The summed E-state index contributed by atoms with van der Waals surface area (Å²) >= 11 is 0. The minimum Gasteiger partial charge on any atom is -0.457 e. The van der Waals surface area contributed by atoms with Crippen LogP contribution in [0, 0.1) is 0 Å². The molecule has 0 bridgehead atoms. The van der Waals surface area contributed by atoms with Crippen LogP contribution >= 0.6 is 0 Å². The highest BCUT2D eigenvalue weighted by molar-refractivity contribution is 5.77. The average molecular weight is 198 g/mol. The summed E-state index contributed by atoms with van der Waals surface area (Å²) in [7, 11) is 2.05. The first kappa shape index (κ1) is 9.93. The van der Waals surface area contributed by atoms with Crippen molar-refractivity contribution in [3.63, 3.8) is 0 Å². The Morgan fingerprint density at radius 2 is 2.14 bits per heavy atom. The van der Waals surface area contributed by atoms with E-state index in [2.05, 4.69) is 9.80 Å². The smallest absolute Gasteiger partial charge is 0.325 e. The van der Waals surface area contributed by atoms with Gasteiger partial charge < -0.3 is 9.64 Å². The lowest BCUT2D eigenvalue weighted by atomic mass is 10.0. The number of carbonyl (C=O) groups excluding carboxylic acids is 1. The second-order valence-electron chi connectivity index (χ2n) is 4.93. The molecule has 2 aliphatic heterocycles. The van der Waals surface area contributed by atoms with Gasteiger partial charge in [0.1, 0.15) is 11.6 Å². The Morgan fingerprint density at radius 1 is 1.43 bits per heavy atom. The van der Waals surface area contributed by atoms with Crippen molar-refractivity contribution in [2.24, 2.45) is 0 Å². The van der Waals surface area contributed by atoms with Crippen molar-refractivity contribution in [3.05, 3.63) is 0 Å². The van der Waals surface area contributed by atoms with Crippen LogP contribution in [0.25, 0.3) is 0 Å². The summed E-state index contributed by atoms with van der Waals surface area (Å²) in [5.41, 5.74) is -0.316. The molecule has 4 nitrogen and oxygen atoms in total. The van der Waals surface area contributed by atoms with Crippen molar-refractivity contribution in [3.8, 4) is 0 Å². The van der Waals surface area contributed by atoms with E-state index in [0.29, 0.717) is 0 Å². The van der Waals surface area contributed by atoms with E-state index in [0.717, 1.165) is 26.2 Å².